The Bertz CT molecular complexity index is 608. The minimum absolute atomic E-state index is 0.00599. The Labute approximate surface area is 127 Å². The lowest BCUT2D eigenvalue weighted by atomic mass is 9.97. The number of rotatable bonds is 3. The van der Waals surface area contributed by atoms with E-state index in [1.54, 1.807) is 10.9 Å². The standard InChI is InChI=1S/C14H18N4O2S/c1-9(2)13-16-12(17-20-13)10-4-3-5-18(6-10)14(19)11-7-21-8-15-11/h7-10H,3-6H2,1-2H3/t10-/m1/s1. The molecule has 7 heteroatoms. The summed E-state index contributed by atoms with van der Waals surface area (Å²) in [6, 6.07) is 0. The van der Waals surface area contributed by atoms with Crippen molar-refractivity contribution in [2.75, 3.05) is 13.1 Å². The average molecular weight is 306 g/mol. The molecule has 0 spiro atoms. The number of thiazole rings is 1. The van der Waals surface area contributed by atoms with Gasteiger partial charge in [0, 0.05) is 30.3 Å². The van der Waals surface area contributed by atoms with E-state index in [1.807, 2.05) is 18.7 Å². The van der Waals surface area contributed by atoms with E-state index in [2.05, 4.69) is 15.1 Å². The van der Waals surface area contributed by atoms with Gasteiger partial charge >= 0.3 is 0 Å². The number of aromatic nitrogens is 3. The van der Waals surface area contributed by atoms with Crippen molar-refractivity contribution in [2.24, 2.45) is 0 Å². The van der Waals surface area contributed by atoms with Gasteiger partial charge in [-0.15, -0.1) is 11.3 Å². The van der Waals surface area contributed by atoms with Crippen LogP contribution in [0.25, 0.3) is 0 Å². The molecular formula is C14H18N4O2S. The fraction of sp³-hybridized carbons (Fsp3) is 0.571. The molecule has 1 aliphatic rings. The molecule has 0 aromatic carbocycles. The van der Waals surface area contributed by atoms with E-state index in [1.165, 1.54) is 11.3 Å². The number of carbonyl (C=O) groups excluding carboxylic acids is 1. The van der Waals surface area contributed by atoms with Gasteiger partial charge in [-0.3, -0.25) is 4.79 Å². The first-order valence-electron chi connectivity index (χ1n) is 7.16. The summed E-state index contributed by atoms with van der Waals surface area (Å²) < 4.78 is 5.27. The first kappa shape index (κ1) is 14.2. The highest BCUT2D eigenvalue weighted by atomic mass is 32.1. The Morgan fingerprint density at radius 2 is 2.38 bits per heavy atom. The van der Waals surface area contributed by atoms with E-state index >= 15 is 0 Å². The summed E-state index contributed by atoms with van der Waals surface area (Å²) in [5.74, 6) is 1.75. The van der Waals surface area contributed by atoms with Crippen molar-refractivity contribution in [3.05, 3.63) is 28.3 Å². The predicted molar refractivity (Wildman–Crippen MR) is 78.4 cm³/mol. The van der Waals surface area contributed by atoms with Gasteiger partial charge in [0.05, 0.1) is 5.51 Å². The summed E-state index contributed by atoms with van der Waals surface area (Å²) in [6.45, 7) is 5.45. The van der Waals surface area contributed by atoms with E-state index in [0.717, 1.165) is 25.2 Å². The molecule has 1 amide bonds. The van der Waals surface area contributed by atoms with Crippen LogP contribution in [0.4, 0.5) is 0 Å². The Balaban J connectivity index is 1.72. The highest BCUT2D eigenvalue weighted by Gasteiger charge is 2.29. The van der Waals surface area contributed by atoms with Gasteiger partial charge in [0.2, 0.25) is 5.89 Å². The third kappa shape index (κ3) is 2.97. The molecule has 2 aromatic heterocycles. The van der Waals surface area contributed by atoms with Gasteiger partial charge in [-0.2, -0.15) is 4.98 Å². The van der Waals surface area contributed by atoms with Gasteiger partial charge in [-0.1, -0.05) is 19.0 Å². The molecular weight excluding hydrogens is 288 g/mol. The van der Waals surface area contributed by atoms with Crippen LogP contribution in [-0.4, -0.2) is 39.0 Å². The highest BCUT2D eigenvalue weighted by molar-refractivity contribution is 7.07. The second-order valence-corrected chi connectivity index (χ2v) is 6.33. The number of piperidine rings is 1. The van der Waals surface area contributed by atoms with Crippen LogP contribution in [0.2, 0.25) is 0 Å². The number of hydrogen-bond donors (Lipinski definition) is 0. The zero-order chi connectivity index (χ0) is 14.8. The zero-order valence-corrected chi connectivity index (χ0v) is 13.0. The number of hydrogen-bond acceptors (Lipinski definition) is 6. The lowest BCUT2D eigenvalue weighted by molar-refractivity contribution is 0.0698. The summed E-state index contributed by atoms with van der Waals surface area (Å²) in [7, 11) is 0. The lowest BCUT2D eigenvalue weighted by Gasteiger charge is -2.30. The van der Waals surface area contributed by atoms with Crippen LogP contribution in [0.3, 0.4) is 0 Å². The van der Waals surface area contributed by atoms with Crippen molar-refractivity contribution >= 4 is 17.2 Å². The normalized spacial score (nSPS) is 19.2. The van der Waals surface area contributed by atoms with Crippen molar-refractivity contribution in [1.29, 1.82) is 0 Å². The molecule has 2 aromatic rings. The Morgan fingerprint density at radius 3 is 3.05 bits per heavy atom. The summed E-state index contributed by atoms with van der Waals surface area (Å²) in [4.78, 5) is 22.8. The summed E-state index contributed by atoms with van der Waals surface area (Å²) in [5.41, 5.74) is 2.21. The van der Waals surface area contributed by atoms with Crippen LogP contribution in [0.15, 0.2) is 15.4 Å². The Kier molecular flexibility index (Phi) is 4.01. The van der Waals surface area contributed by atoms with E-state index in [4.69, 9.17) is 4.52 Å². The van der Waals surface area contributed by atoms with Crippen molar-refractivity contribution in [3.63, 3.8) is 0 Å². The van der Waals surface area contributed by atoms with Gasteiger partial charge in [0.15, 0.2) is 5.82 Å². The number of likely N-dealkylation sites (tertiary alicyclic amines) is 1. The molecule has 21 heavy (non-hydrogen) atoms. The van der Waals surface area contributed by atoms with Gasteiger partial charge in [0.1, 0.15) is 5.69 Å². The minimum atomic E-state index is -0.00599. The Hall–Kier alpha value is -1.76. The zero-order valence-electron chi connectivity index (χ0n) is 12.2. The minimum Gasteiger partial charge on any atom is -0.339 e. The van der Waals surface area contributed by atoms with E-state index < -0.39 is 0 Å². The summed E-state index contributed by atoms with van der Waals surface area (Å²) in [5, 5.41) is 5.87. The van der Waals surface area contributed by atoms with E-state index in [-0.39, 0.29) is 17.7 Å². The fourth-order valence-electron chi connectivity index (χ4n) is 2.50. The molecule has 1 aliphatic heterocycles. The van der Waals surface area contributed by atoms with Crippen molar-refractivity contribution in [3.8, 4) is 0 Å². The molecule has 0 N–H and O–H groups in total. The quantitative estimate of drug-likeness (QED) is 0.871. The fourth-order valence-corrected chi connectivity index (χ4v) is 3.03. The van der Waals surface area contributed by atoms with Crippen molar-refractivity contribution in [2.45, 2.75) is 38.5 Å². The molecule has 0 bridgehead atoms. The topological polar surface area (TPSA) is 72.1 Å². The monoisotopic (exact) mass is 306 g/mol. The SMILES string of the molecule is CC(C)c1nc([C@@H]2CCCN(C(=O)c3cscn3)C2)no1. The first-order valence-corrected chi connectivity index (χ1v) is 8.10. The van der Waals surface area contributed by atoms with Crippen LogP contribution in [0, 0.1) is 0 Å². The first-order chi connectivity index (χ1) is 10.1. The molecule has 0 saturated carbocycles. The van der Waals surface area contributed by atoms with Crippen LogP contribution < -0.4 is 0 Å². The molecule has 0 unspecified atom stereocenters. The van der Waals surface area contributed by atoms with Gasteiger partial charge in [0.25, 0.3) is 5.91 Å². The Morgan fingerprint density at radius 1 is 1.52 bits per heavy atom. The maximum Gasteiger partial charge on any atom is 0.273 e. The van der Waals surface area contributed by atoms with Crippen LogP contribution in [0.5, 0.6) is 0 Å². The molecule has 3 heterocycles. The molecule has 0 aliphatic carbocycles. The molecule has 6 nitrogen and oxygen atoms in total. The van der Waals surface area contributed by atoms with Crippen molar-refractivity contribution < 1.29 is 9.32 Å². The smallest absolute Gasteiger partial charge is 0.273 e. The molecule has 1 atom stereocenters. The predicted octanol–water partition coefficient (Wildman–Crippen LogP) is 2.67. The largest absolute Gasteiger partial charge is 0.339 e. The maximum absolute atomic E-state index is 12.4. The number of carbonyl (C=O) groups is 1. The molecule has 0 radical (unpaired) electrons. The third-order valence-corrected chi connectivity index (χ3v) is 4.26. The van der Waals surface area contributed by atoms with Crippen LogP contribution >= 0.6 is 11.3 Å². The number of nitrogens with zero attached hydrogens (tertiary/aromatic N) is 4. The second kappa shape index (κ2) is 5.93. The summed E-state index contributed by atoms with van der Waals surface area (Å²) in [6.07, 6.45) is 1.93. The molecule has 1 fully saturated rings. The number of amides is 1. The lowest BCUT2D eigenvalue weighted by Crippen LogP contribution is -2.39. The molecule has 112 valence electrons. The maximum atomic E-state index is 12.4. The van der Waals surface area contributed by atoms with Crippen LogP contribution in [-0.2, 0) is 0 Å². The second-order valence-electron chi connectivity index (χ2n) is 5.61. The summed E-state index contributed by atoms with van der Waals surface area (Å²) >= 11 is 1.44. The third-order valence-electron chi connectivity index (χ3n) is 3.68. The average Bonchev–Trinajstić information content (AvgIpc) is 3.18. The van der Waals surface area contributed by atoms with Gasteiger partial charge in [-0.25, -0.2) is 4.98 Å². The molecule has 1 saturated heterocycles. The van der Waals surface area contributed by atoms with E-state index in [0.29, 0.717) is 18.1 Å². The van der Waals surface area contributed by atoms with Gasteiger partial charge < -0.3 is 9.42 Å². The van der Waals surface area contributed by atoms with Crippen LogP contribution in [0.1, 0.15) is 60.7 Å². The van der Waals surface area contributed by atoms with E-state index in [9.17, 15) is 4.79 Å². The highest BCUT2D eigenvalue weighted by Crippen LogP contribution is 2.27. The van der Waals surface area contributed by atoms with Gasteiger partial charge in [-0.05, 0) is 12.8 Å². The molecule has 3 rings (SSSR count). The van der Waals surface area contributed by atoms with Crippen molar-refractivity contribution in [1.82, 2.24) is 20.0 Å².